The Bertz CT molecular complexity index is 419. The summed E-state index contributed by atoms with van der Waals surface area (Å²) in [7, 11) is 0. The Morgan fingerprint density at radius 1 is 1.20 bits per heavy atom. The van der Waals surface area contributed by atoms with E-state index in [-0.39, 0.29) is 0 Å². The summed E-state index contributed by atoms with van der Waals surface area (Å²) in [4.78, 5) is 0. The summed E-state index contributed by atoms with van der Waals surface area (Å²) in [5.74, 6) is 0. The first-order valence-electron chi connectivity index (χ1n) is 5.53. The molecular weight excluding hydrogens is 180 g/mol. The van der Waals surface area contributed by atoms with Crippen molar-refractivity contribution in [3.8, 4) is 0 Å². The third-order valence-corrected chi connectivity index (χ3v) is 2.63. The van der Waals surface area contributed by atoms with Gasteiger partial charge in [0.15, 0.2) is 0 Å². The van der Waals surface area contributed by atoms with E-state index in [1.165, 1.54) is 16.7 Å². The highest BCUT2D eigenvalue weighted by molar-refractivity contribution is 5.79. The molecule has 2 rings (SSSR count). The number of hydrogen-bond acceptors (Lipinski definition) is 0. The van der Waals surface area contributed by atoms with E-state index in [2.05, 4.69) is 61.6 Å². The normalized spacial score (nSPS) is 14.9. The number of rotatable bonds is 3. The van der Waals surface area contributed by atoms with Crippen LogP contribution in [0.15, 0.2) is 54.6 Å². The van der Waals surface area contributed by atoms with Crippen LogP contribution >= 0.6 is 0 Å². The number of benzene rings is 1. The van der Waals surface area contributed by atoms with Crippen LogP contribution in [-0.4, -0.2) is 0 Å². The van der Waals surface area contributed by atoms with Crippen LogP contribution in [0.5, 0.6) is 0 Å². The van der Waals surface area contributed by atoms with Crippen molar-refractivity contribution in [2.75, 3.05) is 0 Å². The first-order valence-corrected chi connectivity index (χ1v) is 5.53. The Balaban J connectivity index is 2.13. The quantitative estimate of drug-likeness (QED) is 0.637. The molecule has 0 heteroatoms. The molecule has 0 spiro atoms. The average molecular weight is 196 g/mol. The summed E-state index contributed by atoms with van der Waals surface area (Å²) >= 11 is 0. The van der Waals surface area contributed by atoms with Gasteiger partial charge in [0.05, 0.1) is 0 Å². The molecule has 0 aromatic heterocycles. The smallest absolute Gasteiger partial charge is 0.00821 e. The van der Waals surface area contributed by atoms with Gasteiger partial charge in [-0.1, -0.05) is 61.6 Å². The Labute approximate surface area is 91.6 Å². The van der Waals surface area contributed by atoms with Gasteiger partial charge in [0.2, 0.25) is 0 Å². The van der Waals surface area contributed by atoms with Crippen LogP contribution in [0, 0.1) is 0 Å². The van der Waals surface area contributed by atoms with Crippen molar-refractivity contribution >= 4 is 5.57 Å². The maximum Gasteiger partial charge on any atom is -0.00821 e. The van der Waals surface area contributed by atoms with Crippen LogP contribution in [0.1, 0.15) is 24.5 Å². The molecule has 1 aliphatic rings. The molecule has 0 atom stereocenters. The third kappa shape index (κ3) is 2.27. The van der Waals surface area contributed by atoms with E-state index >= 15 is 0 Å². The van der Waals surface area contributed by atoms with Crippen LogP contribution in [0.2, 0.25) is 0 Å². The molecule has 0 N–H and O–H groups in total. The molecule has 1 aliphatic carbocycles. The summed E-state index contributed by atoms with van der Waals surface area (Å²) in [5, 5.41) is 0. The van der Waals surface area contributed by atoms with Gasteiger partial charge in [-0.15, -0.1) is 0 Å². The van der Waals surface area contributed by atoms with Gasteiger partial charge in [-0.25, -0.2) is 0 Å². The first kappa shape index (κ1) is 9.97. The van der Waals surface area contributed by atoms with E-state index in [1.54, 1.807) is 0 Å². The Morgan fingerprint density at radius 2 is 2.07 bits per heavy atom. The predicted octanol–water partition coefficient (Wildman–Crippen LogP) is 4.15. The Hall–Kier alpha value is -1.56. The van der Waals surface area contributed by atoms with Gasteiger partial charge in [0.25, 0.3) is 0 Å². The maximum absolute atomic E-state index is 2.29. The van der Waals surface area contributed by atoms with Crippen molar-refractivity contribution in [2.45, 2.75) is 19.8 Å². The van der Waals surface area contributed by atoms with Crippen molar-refractivity contribution in [1.29, 1.82) is 0 Å². The highest BCUT2D eigenvalue weighted by atomic mass is 14.1. The van der Waals surface area contributed by atoms with Crippen LogP contribution < -0.4 is 0 Å². The molecule has 0 bridgehead atoms. The van der Waals surface area contributed by atoms with E-state index in [0.29, 0.717) is 0 Å². The van der Waals surface area contributed by atoms with E-state index < -0.39 is 0 Å². The van der Waals surface area contributed by atoms with Crippen molar-refractivity contribution in [3.63, 3.8) is 0 Å². The molecule has 15 heavy (non-hydrogen) atoms. The number of fused-ring (bicyclic) bond motifs is 1. The lowest BCUT2D eigenvalue weighted by atomic mass is 10.1. The highest BCUT2D eigenvalue weighted by Gasteiger charge is 2.09. The van der Waals surface area contributed by atoms with E-state index in [1.807, 2.05) is 0 Å². The second-order valence-electron chi connectivity index (χ2n) is 3.72. The minimum Gasteiger partial charge on any atom is -0.0848 e. The standard InChI is InChI=1S/C15H16/c1-2-3-4-5-8-13-11-12-14-9-6-7-10-15(13)14/h3-11H,2,12H2,1H3/b4-3-,8-5-. The molecule has 0 nitrogen and oxygen atoms in total. The second-order valence-corrected chi connectivity index (χ2v) is 3.72. The van der Waals surface area contributed by atoms with Crippen LogP contribution in [0.25, 0.3) is 5.57 Å². The van der Waals surface area contributed by atoms with Gasteiger partial charge in [-0.05, 0) is 29.5 Å². The highest BCUT2D eigenvalue weighted by Crippen LogP contribution is 2.27. The SMILES string of the molecule is CC/C=C\C=C/C1=CCc2ccccc21. The second kappa shape index (κ2) is 4.79. The molecule has 0 radical (unpaired) electrons. The molecular formula is C15H16. The average Bonchev–Trinajstić information content (AvgIpc) is 2.68. The fraction of sp³-hybridized carbons (Fsp3) is 0.200. The lowest BCUT2D eigenvalue weighted by Gasteiger charge is -1.99. The zero-order valence-electron chi connectivity index (χ0n) is 9.11. The van der Waals surface area contributed by atoms with Gasteiger partial charge in [0.1, 0.15) is 0 Å². The third-order valence-electron chi connectivity index (χ3n) is 2.63. The molecule has 0 heterocycles. The molecule has 76 valence electrons. The summed E-state index contributed by atoms with van der Waals surface area (Å²) in [5.41, 5.74) is 4.18. The monoisotopic (exact) mass is 196 g/mol. The fourth-order valence-electron chi connectivity index (χ4n) is 1.84. The summed E-state index contributed by atoms with van der Waals surface area (Å²) in [6, 6.07) is 8.61. The molecule has 0 aliphatic heterocycles. The van der Waals surface area contributed by atoms with E-state index in [9.17, 15) is 0 Å². The van der Waals surface area contributed by atoms with Gasteiger partial charge >= 0.3 is 0 Å². The van der Waals surface area contributed by atoms with Crippen LogP contribution in [-0.2, 0) is 6.42 Å². The summed E-state index contributed by atoms with van der Waals surface area (Å²) < 4.78 is 0. The summed E-state index contributed by atoms with van der Waals surface area (Å²) in [6.07, 6.45) is 13.1. The predicted molar refractivity (Wildman–Crippen MR) is 66.7 cm³/mol. The lowest BCUT2D eigenvalue weighted by Crippen LogP contribution is -1.80. The maximum atomic E-state index is 2.29. The van der Waals surface area contributed by atoms with Gasteiger partial charge in [0, 0.05) is 0 Å². The largest absolute Gasteiger partial charge is 0.0848 e. The van der Waals surface area contributed by atoms with Crippen LogP contribution in [0.4, 0.5) is 0 Å². The van der Waals surface area contributed by atoms with Crippen molar-refractivity contribution in [2.24, 2.45) is 0 Å². The first-order chi connectivity index (χ1) is 7.42. The Morgan fingerprint density at radius 3 is 2.93 bits per heavy atom. The zero-order chi connectivity index (χ0) is 10.5. The number of allylic oxidation sites excluding steroid dienone is 6. The Kier molecular flexibility index (Phi) is 3.18. The molecule has 0 saturated carbocycles. The summed E-state index contributed by atoms with van der Waals surface area (Å²) in [6.45, 7) is 2.15. The van der Waals surface area contributed by atoms with Crippen molar-refractivity contribution < 1.29 is 0 Å². The van der Waals surface area contributed by atoms with Crippen molar-refractivity contribution in [1.82, 2.24) is 0 Å². The molecule has 1 aromatic carbocycles. The topological polar surface area (TPSA) is 0 Å². The van der Waals surface area contributed by atoms with E-state index in [0.717, 1.165) is 12.8 Å². The fourth-order valence-corrected chi connectivity index (χ4v) is 1.84. The van der Waals surface area contributed by atoms with Gasteiger partial charge < -0.3 is 0 Å². The van der Waals surface area contributed by atoms with Gasteiger partial charge in [-0.3, -0.25) is 0 Å². The van der Waals surface area contributed by atoms with Crippen molar-refractivity contribution in [3.05, 3.63) is 65.8 Å². The lowest BCUT2D eigenvalue weighted by molar-refractivity contribution is 1.22. The zero-order valence-corrected chi connectivity index (χ0v) is 9.11. The van der Waals surface area contributed by atoms with Crippen LogP contribution in [0.3, 0.4) is 0 Å². The molecule has 0 amide bonds. The minimum absolute atomic E-state index is 1.08. The molecule has 0 fully saturated rings. The van der Waals surface area contributed by atoms with Gasteiger partial charge in [-0.2, -0.15) is 0 Å². The number of hydrogen-bond donors (Lipinski definition) is 0. The van der Waals surface area contributed by atoms with E-state index in [4.69, 9.17) is 0 Å². The molecule has 1 aromatic rings. The molecule has 0 saturated heterocycles. The minimum atomic E-state index is 1.08. The molecule has 0 unspecified atom stereocenters.